The lowest BCUT2D eigenvalue weighted by Crippen LogP contribution is -2.20. The molecular weight excluding hydrogens is 482 g/mol. The zero-order valence-electron chi connectivity index (χ0n) is 19.5. The molecule has 36 heavy (non-hydrogen) atoms. The van der Waals surface area contributed by atoms with Crippen LogP contribution < -0.4 is 14.9 Å². The van der Waals surface area contributed by atoms with Crippen LogP contribution in [0.4, 0.5) is 0 Å². The molecular formula is C25H23N5O5S. The third-order valence-corrected chi connectivity index (χ3v) is 5.95. The van der Waals surface area contributed by atoms with Crippen LogP contribution in [-0.4, -0.2) is 57.1 Å². The summed E-state index contributed by atoms with van der Waals surface area (Å²) < 4.78 is 12.6. The predicted octanol–water partition coefficient (Wildman–Crippen LogP) is 3.61. The Morgan fingerprint density at radius 1 is 1.00 bits per heavy atom. The van der Waals surface area contributed by atoms with E-state index in [1.54, 1.807) is 26.4 Å². The number of carbonyl (C=O) groups is 1. The zero-order valence-corrected chi connectivity index (χ0v) is 20.3. The molecule has 0 saturated carbocycles. The topological polar surface area (TPSA) is 131 Å². The summed E-state index contributed by atoms with van der Waals surface area (Å²) in [4.78, 5) is 12.4. The largest absolute Gasteiger partial charge is 0.504 e. The molecule has 0 unspecified atom stereocenters. The highest BCUT2D eigenvalue weighted by molar-refractivity contribution is 7.99. The van der Waals surface area contributed by atoms with Gasteiger partial charge in [-0.25, -0.2) is 5.43 Å². The fourth-order valence-corrected chi connectivity index (χ4v) is 4.04. The van der Waals surface area contributed by atoms with Gasteiger partial charge in [-0.1, -0.05) is 30.0 Å². The Balaban J connectivity index is 1.53. The second-order valence-corrected chi connectivity index (χ2v) is 8.32. The van der Waals surface area contributed by atoms with Crippen molar-refractivity contribution in [2.24, 2.45) is 5.10 Å². The summed E-state index contributed by atoms with van der Waals surface area (Å²) in [6.45, 7) is 0. The van der Waals surface area contributed by atoms with E-state index in [4.69, 9.17) is 9.47 Å². The van der Waals surface area contributed by atoms with E-state index in [1.807, 2.05) is 47.0 Å². The molecule has 0 saturated heterocycles. The average Bonchev–Trinajstić information content (AvgIpc) is 3.33. The lowest BCUT2D eigenvalue weighted by Gasteiger charge is -2.12. The van der Waals surface area contributed by atoms with Crippen LogP contribution >= 0.6 is 11.8 Å². The number of ether oxygens (including phenoxy) is 2. The predicted molar refractivity (Wildman–Crippen MR) is 136 cm³/mol. The minimum atomic E-state index is -0.352. The fraction of sp³-hybridized carbons (Fsp3) is 0.120. The molecule has 0 radical (unpaired) electrons. The van der Waals surface area contributed by atoms with E-state index in [2.05, 4.69) is 20.7 Å². The van der Waals surface area contributed by atoms with E-state index in [9.17, 15) is 15.0 Å². The van der Waals surface area contributed by atoms with Crippen LogP contribution in [-0.2, 0) is 4.79 Å². The highest BCUT2D eigenvalue weighted by Crippen LogP contribution is 2.34. The molecule has 1 heterocycles. The number of hydrogen-bond donors (Lipinski definition) is 3. The minimum absolute atomic E-state index is 0.0368. The molecule has 4 aromatic rings. The van der Waals surface area contributed by atoms with E-state index in [0.29, 0.717) is 28.0 Å². The number of para-hydroxylation sites is 1. The quantitative estimate of drug-likeness (QED) is 0.136. The van der Waals surface area contributed by atoms with E-state index in [0.717, 1.165) is 11.3 Å². The van der Waals surface area contributed by atoms with Gasteiger partial charge in [-0.05, 0) is 54.1 Å². The van der Waals surface area contributed by atoms with Gasteiger partial charge < -0.3 is 19.7 Å². The second kappa shape index (κ2) is 11.3. The number of methoxy groups -OCH3 is 2. The number of rotatable bonds is 9. The Morgan fingerprint density at radius 3 is 2.50 bits per heavy atom. The zero-order chi connectivity index (χ0) is 25.5. The van der Waals surface area contributed by atoms with Gasteiger partial charge in [-0.2, -0.15) is 5.10 Å². The van der Waals surface area contributed by atoms with E-state index in [1.165, 1.54) is 30.1 Å². The van der Waals surface area contributed by atoms with Crippen LogP contribution in [0.25, 0.3) is 17.1 Å². The lowest BCUT2D eigenvalue weighted by molar-refractivity contribution is -0.118. The van der Waals surface area contributed by atoms with Crippen LogP contribution in [0.5, 0.6) is 23.0 Å². The molecule has 3 N–H and O–H groups in total. The molecule has 1 aromatic heterocycles. The molecule has 11 heteroatoms. The lowest BCUT2D eigenvalue weighted by atomic mass is 10.2. The monoisotopic (exact) mass is 505 g/mol. The second-order valence-electron chi connectivity index (χ2n) is 7.38. The van der Waals surface area contributed by atoms with Crippen molar-refractivity contribution in [3.8, 4) is 40.1 Å². The molecule has 0 aliphatic heterocycles. The number of hydrazone groups is 1. The Morgan fingerprint density at radius 2 is 1.78 bits per heavy atom. The van der Waals surface area contributed by atoms with Gasteiger partial charge in [0.1, 0.15) is 0 Å². The van der Waals surface area contributed by atoms with Crippen LogP contribution in [0.3, 0.4) is 0 Å². The van der Waals surface area contributed by atoms with Crippen molar-refractivity contribution in [2.45, 2.75) is 5.16 Å². The third kappa shape index (κ3) is 5.58. The number of carbonyl (C=O) groups excluding carboxylic acids is 1. The van der Waals surface area contributed by atoms with Gasteiger partial charge in [0, 0.05) is 11.3 Å². The number of phenols is 2. The maximum atomic E-state index is 12.4. The van der Waals surface area contributed by atoms with Crippen molar-refractivity contribution in [3.05, 3.63) is 72.3 Å². The van der Waals surface area contributed by atoms with E-state index in [-0.39, 0.29) is 23.2 Å². The van der Waals surface area contributed by atoms with Gasteiger partial charge in [-0.15, -0.1) is 10.2 Å². The van der Waals surface area contributed by atoms with Crippen LogP contribution in [0.2, 0.25) is 0 Å². The Hall–Kier alpha value is -4.51. The molecule has 0 aliphatic rings. The van der Waals surface area contributed by atoms with Crippen molar-refractivity contribution < 1.29 is 24.5 Å². The molecule has 0 aliphatic carbocycles. The summed E-state index contributed by atoms with van der Waals surface area (Å²) in [5.41, 5.74) is 4.55. The first-order valence-electron chi connectivity index (χ1n) is 10.7. The van der Waals surface area contributed by atoms with E-state index < -0.39 is 0 Å². The SMILES string of the molecule is COc1ccc(-c2nnc(SCC(=O)N/N=C\c3ccc(O)c(O)c3)n2-c2ccccc2)cc1OC. The summed E-state index contributed by atoms with van der Waals surface area (Å²) in [6, 6.07) is 19.3. The van der Waals surface area contributed by atoms with Gasteiger partial charge >= 0.3 is 0 Å². The van der Waals surface area contributed by atoms with Gasteiger partial charge in [0.05, 0.1) is 26.2 Å². The number of aromatic hydroxyl groups is 2. The van der Waals surface area contributed by atoms with Gasteiger partial charge in [0.2, 0.25) is 0 Å². The number of amides is 1. The standard InChI is InChI=1S/C25H23N5O5S/c1-34-21-11-9-17(13-22(21)35-2)24-28-29-25(30(24)18-6-4-3-5-7-18)36-15-23(33)27-26-14-16-8-10-19(31)20(32)12-16/h3-14,31-32H,15H2,1-2H3,(H,27,33)/b26-14-. The summed E-state index contributed by atoms with van der Waals surface area (Å²) in [5, 5.41) is 32.0. The highest BCUT2D eigenvalue weighted by Gasteiger charge is 2.18. The number of phenolic OH excluding ortho intramolecular Hbond substituents is 2. The maximum Gasteiger partial charge on any atom is 0.250 e. The van der Waals surface area contributed by atoms with Gasteiger partial charge in [0.25, 0.3) is 5.91 Å². The van der Waals surface area contributed by atoms with Crippen LogP contribution in [0, 0.1) is 0 Å². The number of benzene rings is 3. The number of thioether (sulfide) groups is 1. The average molecular weight is 506 g/mol. The molecule has 0 fully saturated rings. The summed E-state index contributed by atoms with van der Waals surface area (Å²) in [7, 11) is 3.14. The molecule has 4 rings (SSSR count). The minimum Gasteiger partial charge on any atom is -0.504 e. The van der Waals surface area contributed by atoms with Crippen molar-refractivity contribution in [2.75, 3.05) is 20.0 Å². The maximum absolute atomic E-state index is 12.4. The molecule has 1 amide bonds. The molecule has 3 aromatic carbocycles. The molecule has 0 atom stereocenters. The first kappa shape index (κ1) is 24.6. The molecule has 0 bridgehead atoms. The van der Waals surface area contributed by atoms with Crippen molar-refractivity contribution in [3.63, 3.8) is 0 Å². The van der Waals surface area contributed by atoms with Crippen LogP contribution in [0.1, 0.15) is 5.56 Å². The van der Waals surface area contributed by atoms with Gasteiger partial charge in [-0.3, -0.25) is 9.36 Å². The van der Waals surface area contributed by atoms with Crippen molar-refractivity contribution in [1.29, 1.82) is 0 Å². The Labute approximate surface area is 211 Å². The Bertz CT molecular complexity index is 1390. The normalized spacial score (nSPS) is 10.9. The third-order valence-electron chi connectivity index (χ3n) is 5.02. The number of hydrogen-bond acceptors (Lipinski definition) is 9. The number of nitrogens with zero attached hydrogens (tertiary/aromatic N) is 4. The fourth-order valence-electron chi connectivity index (χ4n) is 3.30. The Kier molecular flexibility index (Phi) is 7.71. The van der Waals surface area contributed by atoms with Crippen LogP contribution in [0.15, 0.2) is 77.0 Å². The molecule has 184 valence electrons. The van der Waals surface area contributed by atoms with Crippen molar-refractivity contribution >= 4 is 23.9 Å². The first-order chi connectivity index (χ1) is 17.5. The summed E-state index contributed by atoms with van der Waals surface area (Å²) in [5.74, 6) is 0.917. The smallest absolute Gasteiger partial charge is 0.250 e. The summed E-state index contributed by atoms with van der Waals surface area (Å²) >= 11 is 1.21. The first-order valence-corrected chi connectivity index (χ1v) is 11.7. The number of nitrogens with one attached hydrogen (secondary N) is 1. The number of aromatic nitrogens is 3. The highest BCUT2D eigenvalue weighted by atomic mass is 32.2. The molecule has 0 spiro atoms. The summed E-state index contributed by atoms with van der Waals surface area (Å²) in [6.07, 6.45) is 1.36. The van der Waals surface area contributed by atoms with Gasteiger partial charge in [0.15, 0.2) is 34.0 Å². The molecule has 10 nitrogen and oxygen atoms in total. The van der Waals surface area contributed by atoms with Crippen molar-refractivity contribution in [1.82, 2.24) is 20.2 Å². The van der Waals surface area contributed by atoms with E-state index >= 15 is 0 Å².